The number of pyridine rings is 1. The molecule has 22 heavy (non-hydrogen) atoms. The Morgan fingerprint density at radius 3 is 2.82 bits per heavy atom. The number of carboxylic acid groups (broad SMARTS) is 1. The summed E-state index contributed by atoms with van der Waals surface area (Å²) in [5, 5.41) is 13.3. The molecule has 3 rings (SSSR count). The normalized spacial score (nSPS) is 13.8. The molecular formula is C15H16N4O3. The molecule has 1 amide bonds. The molecule has 7 nitrogen and oxygen atoms in total. The Labute approximate surface area is 127 Å². The average Bonchev–Trinajstić information content (AvgIpc) is 2.84. The lowest BCUT2D eigenvalue weighted by Crippen LogP contribution is -2.37. The smallest absolute Gasteiger partial charge is 0.356 e. The fourth-order valence-electron chi connectivity index (χ4n) is 2.80. The summed E-state index contributed by atoms with van der Waals surface area (Å²) in [4.78, 5) is 29.6. The van der Waals surface area contributed by atoms with Gasteiger partial charge in [-0.1, -0.05) is 0 Å². The van der Waals surface area contributed by atoms with Gasteiger partial charge in [-0.2, -0.15) is 5.10 Å². The van der Waals surface area contributed by atoms with E-state index in [2.05, 4.69) is 10.1 Å². The maximum atomic E-state index is 12.6. The van der Waals surface area contributed by atoms with Crippen LogP contribution in [0.15, 0.2) is 18.5 Å². The summed E-state index contributed by atoms with van der Waals surface area (Å²) < 4.78 is 1.59. The maximum Gasteiger partial charge on any atom is 0.356 e. The van der Waals surface area contributed by atoms with Crippen LogP contribution in [0, 0.1) is 6.92 Å². The molecule has 0 aromatic carbocycles. The summed E-state index contributed by atoms with van der Waals surface area (Å²) in [6.07, 6.45) is 3.79. The monoisotopic (exact) mass is 300 g/mol. The molecule has 0 bridgehead atoms. The van der Waals surface area contributed by atoms with Gasteiger partial charge in [0.05, 0.1) is 12.1 Å². The molecule has 1 N–H and O–H groups in total. The van der Waals surface area contributed by atoms with Crippen molar-refractivity contribution >= 4 is 11.9 Å². The lowest BCUT2D eigenvalue weighted by atomic mass is 10.0. The summed E-state index contributed by atoms with van der Waals surface area (Å²) in [7, 11) is 1.73. The molecule has 0 spiro atoms. The number of carbonyl (C=O) groups is 2. The number of hydrogen-bond donors (Lipinski definition) is 1. The van der Waals surface area contributed by atoms with E-state index in [0.717, 1.165) is 11.3 Å². The zero-order valence-electron chi connectivity index (χ0n) is 12.4. The van der Waals surface area contributed by atoms with Crippen molar-refractivity contribution in [1.29, 1.82) is 0 Å². The van der Waals surface area contributed by atoms with Crippen molar-refractivity contribution in [1.82, 2.24) is 19.7 Å². The van der Waals surface area contributed by atoms with Crippen molar-refractivity contribution in [2.75, 3.05) is 6.54 Å². The summed E-state index contributed by atoms with van der Waals surface area (Å²) >= 11 is 0. The second kappa shape index (κ2) is 5.25. The minimum absolute atomic E-state index is 0.0258. The Kier molecular flexibility index (Phi) is 3.40. The summed E-state index contributed by atoms with van der Waals surface area (Å²) in [5.74, 6) is -1.19. The Bertz CT molecular complexity index is 766. The van der Waals surface area contributed by atoms with Crippen molar-refractivity contribution < 1.29 is 14.7 Å². The van der Waals surface area contributed by atoms with Gasteiger partial charge < -0.3 is 10.0 Å². The highest BCUT2D eigenvalue weighted by Crippen LogP contribution is 2.24. The zero-order valence-corrected chi connectivity index (χ0v) is 12.4. The number of amides is 1. The largest absolute Gasteiger partial charge is 0.476 e. The van der Waals surface area contributed by atoms with E-state index in [4.69, 9.17) is 0 Å². The third-order valence-electron chi connectivity index (χ3n) is 4.00. The molecule has 1 aliphatic rings. The molecule has 114 valence electrons. The van der Waals surface area contributed by atoms with E-state index < -0.39 is 5.97 Å². The Morgan fingerprint density at radius 2 is 2.14 bits per heavy atom. The van der Waals surface area contributed by atoms with Gasteiger partial charge in [0.2, 0.25) is 0 Å². The van der Waals surface area contributed by atoms with Crippen LogP contribution < -0.4 is 0 Å². The number of aromatic carboxylic acids is 1. The van der Waals surface area contributed by atoms with Gasteiger partial charge in [-0.3, -0.25) is 14.5 Å². The predicted octanol–water partition coefficient (Wildman–Crippen LogP) is 1.02. The van der Waals surface area contributed by atoms with Crippen LogP contribution in [-0.4, -0.2) is 43.2 Å². The molecule has 0 unspecified atom stereocenters. The first kappa shape index (κ1) is 14.2. The van der Waals surface area contributed by atoms with Crippen molar-refractivity contribution in [2.24, 2.45) is 7.05 Å². The summed E-state index contributed by atoms with van der Waals surface area (Å²) in [6.45, 7) is 2.66. The fourth-order valence-corrected chi connectivity index (χ4v) is 2.80. The topological polar surface area (TPSA) is 88.3 Å². The van der Waals surface area contributed by atoms with Crippen LogP contribution in [0.2, 0.25) is 0 Å². The molecule has 3 heterocycles. The lowest BCUT2D eigenvalue weighted by molar-refractivity contribution is 0.0674. The van der Waals surface area contributed by atoms with E-state index >= 15 is 0 Å². The van der Waals surface area contributed by atoms with E-state index in [9.17, 15) is 14.7 Å². The zero-order chi connectivity index (χ0) is 15.9. The number of fused-ring (bicyclic) bond motifs is 1. The predicted molar refractivity (Wildman–Crippen MR) is 77.6 cm³/mol. The van der Waals surface area contributed by atoms with Gasteiger partial charge in [-0.05, 0) is 18.6 Å². The van der Waals surface area contributed by atoms with Crippen LogP contribution >= 0.6 is 0 Å². The van der Waals surface area contributed by atoms with Crippen LogP contribution in [0.25, 0.3) is 0 Å². The highest BCUT2D eigenvalue weighted by Gasteiger charge is 2.29. The molecule has 2 aromatic rings. The minimum Gasteiger partial charge on any atom is -0.476 e. The van der Waals surface area contributed by atoms with E-state index in [1.54, 1.807) is 35.1 Å². The van der Waals surface area contributed by atoms with E-state index in [1.807, 2.05) is 6.92 Å². The quantitative estimate of drug-likeness (QED) is 0.894. The minimum atomic E-state index is -1.07. The Balaban J connectivity index is 1.93. The molecule has 0 saturated heterocycles. The van der Waals surface area contributed by atoms with Crippen molar-refractivity contribution in [3.8, 4) is 0 Å². The first-order valence-electron chi connectivity index (χ1n) is 6.97. The number of rotatable bonds is 2. The van der Waals surface area contributed by atoms with Gasteiger partial charge in [0.1, 0.15) is 0 Å². The van der Waals surface area contributed by atoms with Gasteiger partial charge in [0.15, 0.2) is 5.69 Å². The average molecular weight is 300 g/mol. The molecule has 0 atom stereocenters. The van der Waals surface area contributed by atoms with Crippen molar-refractivity contribution in [2.45, 2.75) is 19.9 Å². The summed E-state index contributed by atoms with van der Waals surface area (Å²) in [5.41, 5.74) is 2.93. The van der Waals surface area contributed by atoms with Gasteiger partial charge in [0, 0.05) is 43.7 Å². The van der Waals surface area contributed by atoms with Gasteiger partial charge in [-0.25, -0.2) is 4.79 Å². The molecule has 1 aliphatic heterocycles. The standard InChI is InChI=1S/C15H16N4O3/c1-9-3-5-16-7-10(9)14(20)19-6-4-12-11(8-19)13(15(21)22)17-18(12)2/h3,5,7H,4,6,8H2,1-2H3,(H,21,22). The van der Waals surface area contributed by atoms with Crippen LogP contribution in [0.5, 0.6) is 0 Å². The number of carbonyl (C=O) groups excluding carboxylic acids is 1. The molecule has 0 saturated carbocycles. The van der Waals surface area contributed by atoms with E-state index in [-0.39, 0.29) is 18.1 Å². The molecule has 7 heteroatoms. The van der Waals surface area contributed by atoms with Crippen LogP contribution in [0.1, 0.15) is 37.7 Å². The Morgan fingerprint density at radius 1 is 1.36 bits per heavy atom. The maximum absolute atomic E-state index is 12.6. The molecular weight excluding hydrogens is 284 g/mol. The van der Waals surface area contributed by atoms with E-state index in [1.165, 1.54) is 0 Å². The third kappa shape index (κ3) is 2.24. The highest BCUT2D eigenvalue weighted by atomic mass is 16.4. The fraction of sp³-hybridized carbons (Fsp3) is 0.333. The SMILES string of the molecule is Cc1ccncc1C(=O)N1CCc2c(c(C(=O)O)nn2C)C1. The van der Waals surface area contributed by atoms with Crippen LogP contribution in [-0.2, 0) is 20.0 Å². The van der Waals surface area contributed by atoms with Crippen LogP contribution in [0.3, 0.4) is 0 Å². The van der Waals surface area contributed by atoms with Crippen molar-refractivity contribution in [3.05, 3.63) is 46.5 Å². The second-order valence-electron chi connectivity index (χ2n) is 5.37. The second-order valence-corrected chi connectivity index (χ2v) is 5.37. The van der Waals surface area contributed by atoms with Crippen molar-refractivity contribution in [3.63, 3.8) is 0 Å². The van der Waals surface area contributed by atoms with Crippen LogP contribution in [0.4, 0.5) is 0 Å². The molecule has 0 fully saturated rings. The number of nitrogens with zero attached hydrogens (tertiary/aromatic N) is 4. The number of aromatic nitrogens is 3. The number of aryl methyl sites for hydroxylation is 2. The number of carboxylic acids is 1. The first-order chi connectivity index (χ1) is 10.5. The van der Waals surface area contributed by atoms with Gasteiger partial charge in [-0.15, -0.1) is 0 Å². The summed E-state index contributed by atoms with van der Waals surface area (Å²) in [6, 6.07) is 1.79. The van der Waals surface area contributed by atoms with Gasteiger partial charge in [0.25, 0.3) is 5.91 Å². The third-order valence-corrected chi connectivity index (χ3v) is 4.00. The molecule has 0 aliphatic carbocycles. The number of hydrogen-bond acceptors (Lipinski definition) is 4. The first-order valence-corrected chi connectivity index (χ1v) is 6.97. The van der Waals surface area contributed by atoms with E-state index in [0.29, 0.717) is 24.1 Å². The highest BCUT2D eigenvalue weighted by molar-refractivity contribution is 5.95. The molecule has 2 aromatic heterocycles. The lowest BCUT2D eigenvalue weighted by Gasteiger charge is -2.27. The van der Waals surface area contributed by atoms with Gasteiger partial charge >= 0.3 is 5.97 Å². The molecule has 0 radical (unpaired) electrons. The Hall–Kier alpha value is -2.70.